The minimum absolute atomic E-state index is 0.373. The summed E-state index contributed by atoms with van der Waals surface area (Å²) in [7, 11) is 0. The molecule has 86 valence electrons. The SMILES string of the molecule is Cc1ncc(Br)cc1[C@H]1OCC[C@@H]1C(=O)O. The summed E-state index contributed by atoms with van der Waals surface area (Å²) in [6, 6.07) is 1.88. The van der Waals surface area contributed by atoms with Gasteiger partial charge < -0.3 is 9.84 Å². The highest BCUT2D eigenvalue weighted by Crippen LogP contribution is 2.36. The number of nitrogens with zero attached hydrogens (tertiary/aromatic N) is 1. The van der Waals surface area contributed by atoms with Gasteiger partial charge in [0.1, 0.15) is 0 Å². The first-order chi connectivity index (χ1) is 7.59. The maximum atomic E-state index is 11.1. The van der Waals surface area contributed by atoms with E-state index in [0.717, 1.165) is 15.7 Å². The van der Waals surface area contributed by atoms with Crippen molar-refractivity contribution in [1.82, 2.24) is 4.98 Å². The molecule has 2 atom stereocenters. The summed E-state index contributed by atoms with van der Waals surface area (Å²) >= 11 is 3.33. The number of hydrogen-bond acceptors (Lipinski definition) is 3. The van der Waals surface area contributed by atoms with Crippen LogP contribution in [0, 0.1) is 12.8 Å². The van der Waals surface area contributed by atoms with E-state index in [4.69, 9.17) is 9.84 Å². The number of ether oxygens (including phenoxy) is 1. The minimum Gasteiger partial charge on any atom is -0.481 e. The van der Waals surface area contributed by atoms with Crippen molar-refractivity contribution in [2.24, 2.45) is 5.92 Å². The molecule has 0 unspecified atom stereocenters. The number of carboxylic acid groups (broad SMARTS) is 1. The molecule has 0 spiro atoms. The maximum Gasteiger partial charge on any atom is 0.309 e. The van der Waals surface area contributed by atoms with Crippen LogP contribution in [-0.4, -0.2) is 22.7 Å². The number of halogens is 1. The van der Waals surface area contributed by atoms with Crippen molar-refractivity contribution in [1.29, 1.82) is 0 Å². The van der Waals surface area contributed by atoms with E-state index in [0.29, 0.717) is 13.0 Å². The molecule has 1 aliphatic rings. The van der Waals surface area contributed by atoms with Crippen LogP contribution >= 0.6 is 15.9 Å². The van der Waals surface area contributed by atoms with E-state index in [1.807, 2.05) is 13.0 Å². The van der Waals surface area contributed by atoms with Crippen molar-refractivity contribution in [3.8, 4) is 0 Å². The van der Waals surface area contributed by atoms with E-state index in [2.05, 4.69) is 20.9 Å². The molecule has 0 radical (unpaired) electrons. The lowest BCUT2D eigenvalue weighted by molar-refractivity contribution is -0.143. The third-order valence-electron chi connectivity index (χ3n) is 2.81. The second kappa shape index (κ2) is 4.51. The highest BCUT2D eigenvalue weighted by Gasteiger charge is 2.36. The molecule has 1 aromatic rings. The first kappa shape index (κ1) is 11.5. The molecule has 0 amide bonds. The lowest BCUT2D eigenvalue weighted by Crippen LogP contribution is -2.18. The average molecular weight is 286 g/mol. The Morgan fingerprint density at radius 2 is 2.44 bits per heavy atom. The van der Waals surface area contributed by atoms with E-state index in [-0.39, 0.29) is 6.10 Å². The Hall–Kier alpha value is -0.940. The van der Waals surface area contributed by atoms with E-state index in [1.54, 1.807) is 6.20 Å². The summed E-state index contributed by atoms with van der Waals surface area (Å²) in [5.41, 5.74) is 1.68. The van der Waals surface area contributed by atoms with Gasteiger partial charge >= 0.3 is 5.97 Å². The van der Waals surface area contributed by atoms with Crippen LogP contribution in [0.25, 0.3) is 0 Å². The van der Waals surface area contributed by atoms with Crippen molar-refractivity contribution < 1.29 is 14.6 Å². The van der Waals surface area contributed by atoms with Crippen LogP contribution in [0.3, 0.4) is 0 Å². The van der Waals surface area contributed by atoms with Gasteiger partial charge in [0.2, 0.25) is 0 Å². The van der Waals surface area contributed by atoms with Gasteiger partial charge in [-0.25, -0.2) is 0 Å². The summed E-state index contributed by atoms with van der Waals surface area (Å²) in [5, 5.41) is 9.09. The standard InChI is InChI=1S/C11H12BrNO3/c1-6-9(4-7(12)5-13-6)10-8(11(14)15)2-3-16-10/h4-5,8,10H,2-3H2,1H3,(H,14,15)/t8-,10-/m0/s1. The fourth-order valence-electron chi connectivity index (χ4n) is 1.96. The number of aromatic nitrogens is 1. The van der Waals surface area contributed by atoms with Gasteiger partial charge in [0.15, 0.2) is 0 Å². The molecule has 0 aromatic carbocycles. The maximum absolute atomic E-state index is 11.1. The van der Waals surface area contributed by atoms with Gasteiger partial charge in [-0.05, 0) is 35.3 Å². The molecule has 1 aromatic heterocycles. The predicted octanol–water partition coefficient (Wildman–Crippen LogP) is 2.31. The monoisotopic (exact) mass is 285 g/mol. The molecule has 0 saturated carbocycles. The molecule has 1 N–H and O–H groups in total. The van der Waals surface area contributed by atoms with Crippen molar-refractivity contribution in [2.75, 3.05) is 6.61 Å². The number of aliphatic carboxylic acids is 1. The smallest absolute Gasteiger partial charge is 0.309 e. The van der Waals surface area contributed by atoms with E-state index in [9.17, 15) is 4.79 Å². The second-order valence-electron chi connectivity index (χ2n) is 3.85. The number of rotatable bonds is 2. The van der Waals surface area contributed by atoms with Gasteiger partial charge in [0, 0.05) is 28.5 Å². The van der Waals surface area contributed by atoms with E-state index >= 15 is 0 Å². The van der Waals surface area contributed by atoms with Gasteiger partial charge in [-0.2, -0.15) is 0 Å². The highest BCUT2D eigenvalue weighted by molar-refractivity contribution is 9.10. The summed E-state index contributed by atoms with van der Waals surface area (Å²) < 4.78 is 6.35. The quantitative estimate of drug-likeness (QED) is 0.906. The van der Waals surface area contributed by atoms with Crippen LogP contribution in [0.4, 0.5) is 0 Å². The molecule has 1 fully saturated rings. The molecule has 0 aliphatic carbocycles. The lowest BCUT2D eigenvalue weighted by atomic mass is 9.95. The zero-order valence-corrected chi connectivity index (χ0v) is 10.4. The third kappa shape index (κ3) is 2.10. The average Bonchev–Trinajstić information content (AvgIpc) is 2.70. The third-order valence-corrected chi connectivity index (χ3v) is 3.24. The van der Waals surface area contributed by atoms with Crippen LogP contribution in [0.1, 0.15) is 23.8 Å². The van der Waals surface area contributed by atoms with E-state index in [1.165, 1.54) is 0 Å². The van der Waals surface area contributed by atoms with Crippen molar-refractivity contribution >= 4 is 21.9 Å². The molecule has 2 rings (SSSR count). The van der Waals surface area contributed by atoms with Gasteiger partial charge in [0.05, 0.1) is 12.0 Å². The number of aryl methyl sites for hydroxylation is 1. The van der Waals surface area contributed by atoms with Crippen LogP contribution < -0.4 is 0 Å². The number of carboxylic acids is 1. The van der Waals surface area contributed by atoms with Crippen molar-refractivity contribution in [3.05, 3.63) is 28.0 Å². The molecule has 1 saturated heterocycles. The molecule has 2 heterocycles. The van der Waals surface area contributed by atoms with Crippen LogP contribution in [0.2, 0.25) is 0 Å². The van der Waals surface area contributed by atoms with Crippen molar-refractivity contribution in [2.45, 2.75) is 19.4 Å². The zero-order chi connectivity index (χ0) is 11.7. The molecule has 16 heavy (non-hydrogen) atoms. The van der Waals surface area contributed by atoms with Gasteiger partial charge in [0.25, 0.3) is 0 Å². The fourth-order valence-corrected chi connectivity index (χ4v) is 2.31. The molecular weight excluding hydrogens is 274 g/mol. The summed E-state index contributed by atoms with van der Waals surface area (Å²) in [4.78, 5) is 15.3. The Kier molecular flexibility index (Phi) is 3.25. The number of pyridine rings is 1. The molecule has 0 bridgehead atoms. The Morgan fingerprint density at radius 1 is 1.69 bits per heavy atom. The summed E-state index contributed by atoms with van der Waals surface area (Å²) in [6.07, 6.45) is 1.89. The lowest BCUT2D eigenvalue weighted by Gasteiger charge is -2.17. The summed E-state index contributed by atoms with van der Waals surface area (Å²) in [6.45, 7) is 2.36. The van der Waals surface area contributed by atoms with Gasteiger partial charge in [-0.1, -0.05) is 0 Å². The van der Waals surface area contributed by atoms with Crippen molar-refractivity contribution in [3.63, 3.8) is 0 Å². The number of carbonyl (C=O) groups is 1. The zero-order valence-electron chi connectivity index (χ0n) is 8.81. The highest BCUT2D eigenvalue weighted by atomic mass is 79.9. The molecule has 5 heteroatoms. The fraction of sp³-hybridized carbons (Fsp3) is 0.455. The molecular formula is C11H12BrNO3. The predicted molar refractivity (Wildman–Crippen MR) is 61.1 cm³/mol. The minimum atomic E-state index is -0.804. The first-order valence-electron chi connectivity index (χ1n) is 5.06. The Morgan fingerprint density at radius 3 is 3.12 bits per heavy atom. The Labute approximate surface area is 102 Å². The first-order valence-corrected chi connectivity index (χ1v) is 5.85. The molecule has 1 aliphatic heterocycles. The Balaban J connectivity index is 2.35. The summed E-state index contributed by atoms with van der Waals surface area (Å²) in [5.74, 6) is -1.27. The normalized spacial score (nSPS) is 24.6. The topological polar surface area (TPSA) is 59.4 Å². The second-order valence-corrected chi connectivity index (χ2v) is 4.77. The molecule has 4 nitrogen and oxygen atoms in total. The van der Waals surface area contributed by atoms with E-state index < -0.39 is 11.9 Å². The van der Waals surface area contributed by atoms with Crippen LogP contribution in [0.5, 0.6) is 0 Å². The Bertz CT molecular complexity index is 422. The van der Waals surface area contributed by atoms with Crippen LogP contribution in [-0.2, 0) is 9.53 Å². The van der Waals surface area contributed by atoms with Crippen LogP contribution in [0.15, 0.2) is 16.7 Å². The van der Waals surface area contributed by atoms with Gasteiger partial charge in [-0.3, -0.25) is 9.78 Å². The van der Waals surface area contributed by atoms with Gasteiger partial charge in [-0.15, -0.1) is 0 Å². The number of hydrogen-bond donors (Lipinski definition) is 1. The largest absolute Gasteiger partial charge is 0.481 e.